The van der Waals surface area contributed by atoms with E-state index >= 15 is 0 Å². The molecule has 6 aromatic rings. The van der Waals surface area contributed by atoms with E-state index in [1.54, 1.807) is 0 Å². The summed E-state index contributed by atoms with van der Waals surface area (Å²) in [5, 5.41) is 7.60. The minimum atomic E-state index is 1.21. The minimum Gasteiger partial charge on any atom is -0.0616 e. The van der Waals surface area contributed by atoms with Crippen molar-refractivity contribution in [1.29, 1.82) is 0 Å². The average molecular weight is 433 g/mol. The van der Waals surface area contributed by atoms with Gasteiger partial charge in [0, 0.05) is 0 Å². The van der Waals surface area contributed by atoms with Gasteiger partial charge in [-0.25, -0.2) is 0 Å². The summed E-state index contributed by atoms with van der Waals surface area (Å²) >= 11 is 0. The first-order valence-corrected chi connectivity index (χ1v) is 11.7. The summed E-state index contributed by atoms with van der Waals surface area (Å²) in [4.78, 5) is 0. The topological polar surface area (TPSA) is 0 Å². The summed E-state index contributed by atoms with van der Waals surface area (Å²) in [6.45, 7) is 0. The van der Waals surface area contributed by atoms with E-state index in [-0.39, 0.29) is 0 Å². The van der Waals surface area contributed by atoms with Gasteiger partial charge < -0.3 is 0 Å². The van der Waals surface area contributed by atoms with Crippen molar-refractivity contribution in [2.75, 3.05) is 0 Å². The number of hydrogen-bond donors (Lipinski definition) is 0. The van der Waals surface area contributed by atoms with Crippen LogP contribution < -0.4 is 0 Å². The molecule has 0 amide bonds. The Labute approximate surface area is 200 Å². The predicted molar refractivity (Wildman–Crippen MR) is 150 cm³/mol. The lowest BCUT2D eigenvalue weighted by molar-refractivity contribution is 1.67. The smallest absolute Gasteiger partial charge is 0.0178 e. The monoisotopic (exact) mass is 432 g/mol. The van der Waals surface area contributed by atoms with Crippen molar-refractivity contribution in [3.63, 3.8) is 0 Å². The third kappa shape index (κ3) is 4.27. The maximum atomic E-state index is 2.25. The van der Waals surface area contributed by atoms with Crippen LogP contribution in [0.15, 0.2) is 121 Å². The fraction of sp³-hybridized carbons (Fsp3) is 0. The van der Waals surface area contributed by atoms with Crippen LogP contribution in [0.25, 0.3) is 56.6 Å². The van der Waals surface area contributed by atoms with E-state index in [0.29, 0.717) is 0 Å². The molecule has 0 unspecified atom stereocenters. The van der Waals surface area contributed by atoms with Crippen LogP contribution in [-0.2, 0) is 0 Å². The van der Waals surface area contributed by atoms with Crippen molar-refractivity contribution in [1.82, 2.24) is 0 Å². The standard InChI is InChI=1S/C34H24/c1-3-7-31-21-25(13-17-29(31)5-1)9-11-27-15-19-34-24-28(16-20-33(34)23-27)12-10-26-14-18-30-6-2-4-8-32(30)22-26/h1-24H/b11-9+,12-10+. The maximum Gasteiger partial charge on any atom is -0.0178 e. The Bertz CT molecular complexity index is 1570. The second kappa shape index (κ2) is 8.84. The Hall–Kier alpha value is -4.42. The molecule has 0 heterocycles. The molecule has 0 nitrogen and oxygen atoms in total. The predicted octanol–water partition coefficient (Wildman–Crippen LogP) is 9.49. The lowest BCUT2D eigenvalue weighted by Gasteiger charge is -2.03. The van der Waals surface area contributed by atoms with Crippen molar-refractivity contribution < 1.29 is 0 Å². The number of hydrogen-bond acceptors (Lipinski definition) is 0. The zero-order valence-corrected chi connectivity index (χ0v) is 18.9. The van der Waals surface area contributed by atoms with E-state index in [1.165, 1.54) is 54.6 Å². The van der Waals surface area contributed by atoms with Crippen molar-refractivity contribution in [3.05, 3.63) is 144 Å². The zero-order chi connectivity index (χ0) is 22.7. The summed E-state index contributed by atoms with van der Waals surface area (Å²) in [6.07, 6.45) is 8.76. The SMILES string of the molecule is C(=C\c1ccc2cc(/C=C/c3ccc4ccccc4c3)ccc2c1)/c1ccc2ccccc2c1. The lowest BCUT2D eigenvalue weighted by atomic mass is 10.0. The molecule has 0 aliphatic carbocycles. The molecule has 0 aliphatic rings. The Kier molecular flexibility index (Phi) is 5.26. The third-order valence-corrected chi connectivity index (χ3v) is 6.37. The number of rotatable bonds is 4. The highest BCUT2D eigenvalue weighted by atomic mass is 14.0. The first-order valence-electron chi connectivity index (χ1n) is 11.7. The van der Waals surface area contributed by atoms with Crippen LogP contribution in [0.3, 0.4) is 0 Å². The molecule has 0 atom stereocenters. The Morgan fingerprint density at radius 1 is 0.265 bits per heavy atom. The van der Waals surface area contributed by atoms with Crippen LogP contribution in [0.2, 0.25) is 0 Å². The first-order chi connectivity index (χ1) is 16.8. The van der Waals surface area contributed by atoms with E-state index < -0.39 is 0 Å². The first kappa shape index (κ1) is 20.2. The molecule has 0 radical (unpaired) electrons. The Morgan fingerprint density at radius 2 is 0.529 bits per heavy atom. The van der Waals surface area contributed by atoms with E-state index in [9.17, 15) is 0 Å². The summed E-state index contributed by atoms with van der Waals surface area (Å²) in [5.74, 6) is 0. The molecule has 34 heavy (non-hydrogen) atoms. The van der Waals surface area contributed by atoms with Crippen LogP contribution in [0, 0.1) is 0 Å². The highest BCUT2D eigenvalue weighted by Crippen LogP contribution is 2.23. The summed E-state index contributed by atoms with van der Waals surface area (Å²) in [6, 6.07) is 43.5. The van der Waals surface area contributed by atoms with E-state index in [2.05, 4.69) is 146 Å². The van der Waals surface area contributed by atoms with Gasteiger partial charge in [-0.15, -0.1) is 0 Å². The normalized spacial score (nSPS) is 11.9. The average Bonchev–Trinajstić information content (AvgIpc) is 2.90. The van der Waals surface area contributed by atoms with Gasteiger partial charge in [0.1, 0.15) is 0 Å². The van der Waals surface area contributed by atoms with Crippen LogP contribution in [0.5, 0.6) is 0 Å². The highest BCUT2D eigenvalue weighted by Gasteiger charge is 1.98. The highest BCUT2D eigenvalue weighted by molar-refractivity contribution is 5.90. The lowest BCUT2D eigenvalue weighted by Crippen LogP contribution is -1.79. The minimum absolute atomic E-state index is 1.21. The summed E-state index contributed by atoms with van der Waals surface area (Å²) in [7, 11) is 0. The molecule has 160 valence electrons. The summed E-state index contributed by atoms with van der Waals surface area (Å²) < 4.78 is 0. The Morgan fingerprint density at radius 3 is 0.882 bits per heavy atom. The molecule has 0 spiro atoms. The van der Waals surface area contributed by atoms with Crippen molar-refractivity contribution in [2.45, 2.75) is 0 Å². The molecule has 0 N–H and O–H groups in total. The van der Waals surface area contributed by atoms with Crippen LogP contribution in [0.4, 0.5) is 0 Å². The quantitative estimate of drug-likeness (QED) is 0.243. The van der Waals surface area contributed by atoms with Gasteiger partial charge in [-0.1, -0.05) is 121 Å². The van der Waals surface area contributed by atoms with Gasteiger partial charge in [0.05, 0.1) is 0 Å². The Balaban J connectivity index is 1.22. The molecular formula is C34H24. The van der Waals surface area contributed by atoms with Gasteiger partial charge in [-0.3, -0.25) is 0 Å². The van der Waals surface area contributed by atoms with Gasteiger partial charge in [0.2, 0.25) is 0 Å². The van der Waals surface area contributed by atoms with Crippen LogP contribution in [0.1, 0.15) is 22.3 Å². The van der Waals surface area contributed by atoms with Gasteiger partial charge in [-0.05, 0) is 78.8 Å². The van der Waals surface area contributed by atoms with E-state index in [0.717, 1.165) is 0 Å². The molecule has 0 bridgehead atoms. The van der Waals surface area contributed by atoms with Crippen molar-refractivity contribution >= 4 is 56.6 Å². The molecule has 0 aliphatic heterocycles. The number of fused-ring (bicyclic) bond motifs is 3. The zero-order valence-electron chi connectivity index (χ0n) is 18.9. The molecule has 6 rings (SSSR count). The van der Waals surface area contributed by atoms with E-state index in [4.69, 9.17) is 0 Å². The fourth-order valence-corrected chi connectivity index (χ4v) is 4.50. The second-order valence-electron chi connectivity index (χ2n) is 8.75. The van der Waals surface area contributed by atoms with Gasteiger partial charge in [0.15, 0.2) is 0 Å². The van der Waals surface area contributed by atoms with Crippen LogP contribution >= 0.6 is 0 Å². The molecule has 0 fully saturated rings. The number of benzene rings is 6. The van der Waals surface area contributed by atoms with Crippen molar-refractivity contribution in [3.8, 4) is 0 Å². The van der Waals surface area contributed by atoms with Crippen LogP contribution in [-0.4, -0.2) is 0 Å². The van der Waals surface area contributed by atoms with Gasteiger partial charge >= 0.3 is 0 Å². The molecule has 0 saturated carbocycles. The molecule has 0 heteroatoms. The second-order valence-corrected chi connectivity index (χ2v) is 8.75. The van der Waals surface area contributed by atoms with Gasteiger partial charge in [-0.2, -0.15) is 0 Å². The molecule has 6 aromatic carbocycles. The van der Waals surface area contributed by atoms with Crippen molar-refractivity contribution in [2.24, 2.45) is 0 Å². The molecule has 0 saturated heterocycles. The fourth-order valence-electron chi connectivity index (χ4n) is 4.50. The third-order valence-electron chi connectivity index (χ3n) is 6.37. The maximum absolute atomic E-state index is 2.25. The van der Waals surface area contributed by atoms with Gasteiger partial charge in [0.25, 0.3) is 0 Å². The van der Waals surface area contributed by atoms with E-state index in [1.807, 2.05) is 0 Å². The molecular weight excluding hydrogens is 408 g/mol. The summed E-state index contributed by atoms with van der Waals surface area (Å²) in [5.41, 5.74) is 4.85. The molecule has 0 aromatic heterocycles. The largest absolute Gasteiger partial charge is 0.0616 e.